The van der Waals surface area contributed by atoms with E-state index in [1.165, 1.54) is 18.4 Å². The van der Waals surface area contributed by atoms with Crippen molar-refractivity contribution in [2.45, 2.75) is 31.7 Å². The predicted molar refractivity (Wildman–Crippen MR) is 112 cm³/mol. The van der Waals surface area contributed by atoms with Gasteiger partial charge in [0.05, 0.1) is 10.6 Å². The number of halogens is 1. The van der Waals surface area contributed by atoms with Gasteiger partial charge in [-0.3, -0.25) is 4.79 Å². The standard InChI is InChI=1S/C23H29ClN2O/c1-26(2)22(18-8-4-3-5-9-18)19-14-12-17(13-15-19)16-25-23(27)20-10-6-7-11-21(20)24/h3-11,17,19,22H,12-16H2,1-2H3,(H,25,27). The van der Waals surface area contributed by atoms with E-state index in [1.807, 2.05) is 12.1 Å². The maximum absolute atomic E-state index is 12.4. The van der Waals surface area contributed by atoms with Gasteiger partial charge in [0.25, 0.3) is 5.91 Å². The highest BCUT2D eigenvalue weighted by Gasteiger charge is 2.30. The number of carbonyl (C=O) groups excluding carboxylic acids is 1. The first-order valence-electron chi connectivity index (χ1n) is 9.80. The fraction of sp³-hybridized carbons (Fsp3) is 0.435. The van der Waals surface area contributed by atoms with Crippen LogP contribution in [0.15, 0.2) is 54.6 Å². The number of hydrogen-bond acceptors (Lipinski definition) is 2. The van der Waals surface area contributed by atoms with Crippen LogP contribution in [0, 0.1) is 11.8 Å². The Morgan fingerprint density at radius 1 is 1.04 bits per heavy atom. The lowest BCUT2D eigenvalue weighted by Gasteiger charge is -2.37. The van der Waals surface area contributed by atoms with Gasteiger partial charge in [-0.2, -0.15) is 0 Å². The van der Waals surface area contributed by atoms with Gasteiger partial charge in [-0.05, 0) is 69.3 Å². The molecule has 1 amide bonds. The summed E-state index contributed by atoms with van der Waals surface area (Å²) in [6, 6.07) is 18.5. The van der Waals surface area contributed by atoms with E-state index in [-0.39, 0.29) is 5.91 Å². The fourth-order valence-electron chi connectivity index (χ4n) is 4.33. The average molecular weight is 385 g/mol. The van der Waals surface area contributed by atoms with E-state index in [4.69, 9.17) is 11.6 Å². The smallest absolute Gasteiger partial charge is 0.252 e. The molecule has 1 fully saturated rings. The second kappa shape index (κ2) is 9.38. The molecule has 1 aliphatic carbocycles. The zero-order valence-corrected chi connectivity index (χ0v) is 17.0. The first kappa shape index (κ1) is 19.9. The maximum atomic E-state index is 12.4. The maximum Gasteiger partial charge on any atom is 0.252 e. The quantitative estimate of drug-likeness (QED) is 0.744. The first-order chi connectivity index (χ1) is 13.1. The highest BCUT2D eigenvalue weighted by Crippen LogP contribution is 2.39. The van der Waals surface area contributed by atoms with Crippen LogP contribution in [0.2, 0.25) is 5.02 Å². The number of nitrogens with one attached hydrogen (secondary N) is 1. The Morgan fingerprint density at radius 2 is 1.67 bits per heavy atom. The van der Waals surface area contributed by atoms with Gasteiger partial charge in [-0.1, -0.05) is 54.1 Å². The van der Waals surface area contributed by atoms with Gasteiger partial charge in [-0.25, -0.2) is 0 Å². The van der Waals surface area contributed by atoms with E-state index in [1.54, 1.807) is 12.1 Å². The Balaban J connectivity index is 1.52. The third-order valence-electron chi connectivity index (χ3n) is 5.71. The van der Waals surface area contributed by atoms with Gasteiger partial charge in [-0.15, -0.1) is 0 Å². The molecule has 4 heteroatoms. The summed E-state index contributed by atoms with van der Waals surface area (Å²) < 4.78 is 0. The second-order valence-electron chi connectivity index (χ2n) is 7.79. The van der Waals surface area contributed by atoms with Crippen molar-refractivity contribution in [2.24, 2.45) is 11.8 Å². The van der Waals surface area contributed by atoms with Gasteiger partial charge < -0.3 is 10.2 Å². The zero-order chi connectivity index (χ0) is 19.2. The molecule has 1 aliphatic rings. The number of benzene rings is 2. The number of amides is 1. The molecule has 27 heavy (non-hydrogen) atoms. The summed E-state index contributed by atoms with van der Waals surface area (Å²) in [4.78, 5) is 14.7. The summed E-state index contributed by atoms with van der Waals surface area (Å²) in [5.41, 5.74) is 1.96. The van der Waals surface area contributed by atoms with Crippen LogP contribution in [0.4, 0.5) is 0 Å². The van der Waals surface area contributed by atoms with E-state index < -0.39 is 0 Å². The van der Waals surface area contributed by atoms with E-state index in [2.05, 4.69) is 54.6 Å². The molecule has 0 heterocycles. The molecule has 1 N–H and O–H groups in total. The molecule has 1 atom stereocenters. The molecule has 1 unspecified atom stereocenters. The van der Waals surface area contributed by atoms with Crippen molar-refractivity contribution in [3.8, 4) is 0 Å². The van der Waals surface area contributed by atoms with Crippen LogP contribution in [0.25, 0.3) is 0 Å². The topological polar surface area (TPSA) is 32.3 Å². The third-order valence-corrected chi connectivity index (χ3v) is 6.03. The molecule has 0 bridgehead atoms. The Morgan fingerprint density at radius 3 is 2.30 bits per heavy atom. The minimum absolute atomic E-state index is 0.0711. The van der Waals surface area contributed by atoms with E-state index in [0.29, 0.717) is 28.5 Å². The summed E-state index contributed by atoms with van der Waals surface area (Å²) in [5.74, 6) is 1.14. The van der Waals surface area contributed by atoms with Crippen LogP contribution >= 0.6 is 11.6 Å². The van der Waals surface area contributed by atoms with Crippen molar-refractivity contribution in [3.05, 3.63) is 70.7 Å². The zero-order valence-electron chi connectivity index (χ0n) is 16.2. The Kier molecular flexibility index (Phi) is 6.92. The number of carbonyl (C=O) groups is 1. The molecular weight excluding hydrogens is 356 g/mol. The predicted octanol–water partition coefficient (Wildman–Crippen LogP) is 5.18. The monoisotopic (exact) mass is 384 g/mol. The second-order valence-corrected chi connectivity index (χ2v) is 8.20. The highest BCUT2D eigenvalue weighted by molar-refractivity contribution is 6.33. The van der Waals surface area contributed by atoms with Crippen LogP contribution in [0.1, 0.15) is 47.6 Å². The molecule has 0 spiro atoms. The van der Waals surface area contributed by atoms with E-state index in [9.17, 15) is 4.79 Å². The third kappa shape index (κ3) is 5.12. The molecule has 3 rings (SSSR count). The van der Waals surface area contributed by atoms with Gasteiger partial charge in [0, 0.05) is 12.6 Å². The largest absolute Gasteiger partial charge is 0.352 e. The van der Waals surface area contributed by atoms with Crippen molar-refractivity contribution in [1.82, 2.24) is 10.2 Å². The van der Waals surface area contributed by atoms with Gasteiger partial charge in [0.1, 0.15) is 0 Å². The summed E-state index contributed by atoms with van der Waals surface area (Å²) in [5, 5.41) is 3.58. The number of nitrogens with zero attached hydrogens (tertiary/aromatic N) is 1. The number of rotatable bonds is 6. The summed E-state index contributed by atoms with van der Waals surface area (Å²) in [7, 11) is 4.35. The molecular formula is C23H29ClN2O. The van der Waals surface area contributed by atoms with Crippen molar-refractivity contribution in [2.75, 3.05) is 20.6 Å². The Hall–Kier alpha value is -1.84. The summed E-state index contributed by atoms with van der Waals surface area (Å²) in [6.45, 7) is 0.731. The molecule has 0 aromatic heterocycles. The number of hydrogen-bond donors (Lipinski definition) is 1. The fourth-order valence-corrected chi connectivity index (χ4v) is 4.55. The summed E-state index contributed by atoms with van der Waals surface area (Å²) in [6.07, 6.45) is 4.71. The Labute approximate surface area is 167 Å². The van der Waals surface area contributed by atoms with Crippen LogP contribution < -0.4 is 5.32 Å². The molecule has 0 aliphatic heterocycles. The van der Waals surface area contributed by atoms with Crippen LogP contribution in [-0.4, -0.2) is 31.4 Å². The van der Waals surface area contributed by atoms with Crippen LogP contribution in [0.3, 0.4) is 0 Å². The molecule has 0 saturated heterocycles. The molecule has 3 nitrogen and oxygen atoms in total. The Bertz CT molecular complexity index is 739. The van der Waals surface area contributed by atoms with E-state index in [0.717, 1.165) is 19.4 Å². The van der Waals surface area contributed by atoms with Gasteiger partial charge in [0.2, 0.25) is 0 Å². The minimum Gasteiger partial charge on any atom is -0.352 e. The minimum atomic E-state index is -0.0711. The summed E-state index contributed by atoms with van der Waals surface area (Å²) >= 11 is 6.12. The lowest BCUT2D eigenvalue weighted by molar-refractivity contribution is 0.0934. The van der Waals surface area contributed by atoms with Crippen molar-refractivity contribution < 1.29 is 4.79 Å². The first-order valence-corrected chi connectivity index (χ1v) is 10.2. The van der Waals surface area contributed by atoms with Crippen molar-refractivity contribution >= 4 is 17.5 Å². The molecule has 0 radical (unpaired) electrons. The normalized spacial score (nSPS) is 21.0. The SMILES string of the molecule is CN(C)C(c1ccccc1)C1CCC(CNC(=O)c2ccccc2Cl)CC1. The van der Waals surface area contributed by atoms with Crippen molar-refractivity contribution in [1.29, 1.82) is 0 Å². The van der Waals surface area contributed by atoms with Crippen molar-refractivity contribution in [3.63, 3.8) is 0 Å². The van der Waals surface area contributed by atoms with Gasteiger partial charge in [0.15, 0.2) is 0 Å². The van der Waals surface area contributed by atoms with E-state index >= 15 is 0 Å². The average Bonchev–Trinajstić information content (AvgIpc) is 2.68. The molecule has 2 aromatic carbocycles. The van der Waals surface area contributed by atoms with Crippen LogP contribution in [-0.2, 0) is 0 Å². The lowest BCUT2D eigenvalue weighted by atomic mass is 9.76. The van der Waals surface area contributed by atoms with Crippen LogP contribution in [0.5, 0.6) is 0 Å². The van der Waals surface area contributed by atoms with Gasteiger partial charge >= 0.3 is 0 Å². The molecule has 144 valence electrons. The highest BCUT2D eigenvalue weighted by atomic mass is 35.5. The molecule has 2 aromatic rings. The molecule has 1 saturated carbocycles. The lowest BCUT2D eigenvalue weighted by Crippen LogP contribution is -2.34.